The molecule has 1 aromatic heterocycles. The Kier molecular flexibility index (Phi) is 5.18. The number of hydrogen-bond acceptors (Lipinski definition) is 2. The van der Waals surface area contributed by atoms with Crippen molar-refractivity contribution in [3.05, 3.63) is 21.1 Å². The molecule has 1 aromatic carbocycles. The first-order valence-corrected chi connectivity index (χ1v) is 8.00. The predicted octanol–water partition coefficient (Wildman–Crippen LogP) is 4.93. The molecule has 18 heavy (non-hydrogen) atoms. The van der Waals surface area contributed by atoms with Gasteiger partial charge in [-0.2, -0.15) is 15.0 Å². The van der Waals surface area contributed by atoms with Crippen molar-refractivity contribution in [3.8, 4) is 0 Å². The summed E-state index contributed by atoms with van der Waals surface area (Å²) >= 11 is 7.02. The first-order chi connectivity index (χ1) is 8.72. The molecule has 0 atom stereocenters. The maximum absolute atomic E-state index is 4.52. The minimum atomic E-state index is 0.900. The minimum Gasteiger partial charge on any atom is -0.184 e. The number of rotatable bonds is 6. The number of fused-ring (bicyclic) bond motifs is 1. The molecule has 98 valence electrons. The van der Waals surface area contributed by atoms with Gasteiger partial charge in [0.05, 0.1) is 6.54 Å². The van der Waals surface area contributed by atoms with Gasteiger partial charge in [0.25, 0.3) is 0 Å². The lowest BCUT2D eigenvalue weighted by Crippen LogP contribution is -2.02. The maximum Gasteiger partial charge on any atom is 0.128 e. The largest absolute Gasteiger partial charge is 0.184 e. The van der Waals surface area contributed by atoms with E-state index < -0.39 is 0 Å². The minimum absolute atomic E-state index is 0.900. The van der Waals surface area contributed by atoms with Crippen molar-refractivity contribution in [2.24, 2.45) is 0 Å². The third-order valence-corrected chi connectivity index (χ3v) is 4.23. The van der Waals surface area contributed by atoms with E-state index in [9.17, 15) is 0 Å². The van der Waals surface area contributed by atoms with Crippen molar-refractivity contribution in [1.82, 2.24) is 15.0 Å². The number of nitrogens with zero attached hydrogens (tertiary/aromatic N) is 3. The summed E-state index contributed by atoms with van der Waals surface area (Å²) in [7, 11) is 0. The summed E-state index contributed by atoms with van der Waals surface area (Å²) in [5.74, 6) is 0. The quantitative estimate of drug-likeness (QED) is 0.671. The summed E-state index contributed by atoms with van der Waals surface area (Å²) in [6.45, 7) is 3.13. The highest BCUT2D eigenvalue weighted by molar-refractivity contribution is 9.11. The van der Waals surface area contributed by atoms with E-state index >= 15 is 0 Å². The molecule has 0 saturated heterocycles. The van der Waals surface area contributed by atoms with E-state index in [4.69, 9.17) is 0 Å². The molecule has 0 radical (unpaired) electrons. The number of unbranched alkanes of at least 4 members (excludes halogenated alkanes) is 4. The van der Waals surface area contributed by atoms with Crippen LogP contribution >= 0.6 is 31.9 Å². The summed E-state index contributed by atoms with van der Waals surface area (Å²) in [4.78, 5) is 1.81. The Labute approximate surface area is 124 Å². The normalized spacial score (nSPS) is 11.3. The third-order valence-electron chi connectivity index (χ3n) is 2.95. The SMILES string of the molecule is CCCCCCCn1nc2c(Br)ccc(Br)c2n1. The molecule has 0 fully saturated rings. The second kappa shape index (κ2) is 6.66. The van der Waals surface area contributed by atoms with Gasteiger partial charge in [-0.05, 0) is 50.4 Å². The molecule has 2 aromatic rings. The number of aromatic nitrogens is 3. The molecule has 0 N–H and O–H groups in total. The van der Waals surface area contributed by atoms with Crippen LogP contribution in [-0.2, 0) is 6.54 Å². The van der Waals surface area contributed by atoms with Crippen LogP contribution in [0.3, 0.4) is 0 Å². The molecule has 0 aliphatic rings. The molecule has 3 nitrogen and oxygen atoms in total. The van der Waals surface area contributed by atoms with Gasteiger partial charge in [-0.3, -0.25) is 0 Å². The van der Waals surface area contributed by atoms with Gasteiger partial charge in [-0.1, -0.05) is 32.6 Å². The van der Waals surface area contributed by atoms with Gasteiger partial charge in [0.15, 0.2) is 0 Å². The summed E-state index contributed by atoms with van der Waals surface area (Å²) in [6, 6.07) is 3.99. The predicted molar refractivity (Wildman–Crippen MR) is 81.7 cm³/mol. The lowest BCUT2D eigenvalue weighted by Gasteiger charge is -1.99. The van der Waals surface area contributed by atoms with Crippen LogP contribution < -0.4 is 0 Å². The molecular weight excluding hydrogens is 358 g/mol. The van der Waals surface area contributed by atoms with Crippen LogP contribution in [0.5, 0.6) is 0 Å². The Bertz CT molecular complexity index is 483. The molecule has 0 aliphatic heterocycles. The Morgan fingerprint density at radius 2 is 1.50 bits per heavy atom. The molecular formula is C13H17Br2N3. The zero-order valence-corrected chi connectivity index (χ0v) is 13.7. The van der Waals surface area contributed by atoms with E-state index in [1.165, 1.54) is 25.7 Å². The van der Waals surface area contributed by atoms with Crippen molar-refractivity contribution in [3.63, 3.8) is 0 Å². The Balaban J connectivity index is 2.02. The first-order valence-electron chi connectivity index (χ1n) is 6.41. The topological polar surface area (TPSA) is 30.7 Å². The zero-order valence-electron chi connectivity index (χ0n) is 10.5. The maximum atomic E-state index is 4.52. The highest BCUT2D eigenvalue weighted by Crippen LogP contribution is 2.27. The van der Waals surface area contributed by atoms with Crippen molar-refractivity contribution in [2.45, 2.75) is 45.6 Å². The Hall–Kier alpha value is -0.420. The lowest BCUT2D eigenvalue weighted by atomic mass is 10.2. The van der Waals surface area contributed by atoms with Crippen LogP contribution in [0, 0.1) is 0 Å². The third kappa shape index (κ3) is 3.32. The Morgan fingerprint density at radius 3 is 2.06 bits per heavy atom. The average molecular weight is 375 g/mol. The van der Waals surface area contributed by atoms with Gasteiger partial charge in [-0.15, -0.1) is 0 Å². The van der Waals surface area contributed by atoms with Gasteiger partial charge in [0.2, 0.25) is 0 Å². The summed E-state index contributed by atoms with van der Waals surface area (Å²) in [5.41, 5.74) is 1.86. The van der Waals surface area contributed by atoms with E-state index in [0.717, 1.165) is 32.9 Å². The molecule has 0 spiro atoms. The number of aryl methyl sites for hydroxylation is 1. The molecule has 0 bridgehead atoms. The van der Waals surface area contributed by atoms with E-state index in [0.29, 0.717) is 0 Å². The fourth-order valence-electron chi connectivity index (χ4n) is 1.93. The number of hydrogen-bond donors (Lipinski definition) is 0. The van der Waals surface area contributed by atoms with E-state index in [-0.39, 0.29) is 0 Å². The van der Waals surface area contributed by atoms with Crippen LogP contribution in [0.1, 0.15) is 39.0 Å². The molecule has 0 aliphatic carbocycles. The summed E-state index contributed by atoms with van der Waals surface area (Å²) in [5, 5.41) is 9.04. The van der Waals surface area contributed by atoms with Crippen LogP contribution in [-0.4, -0.2) is 15.0 Å². The van der Waals surface area contributed by atoms with E-state index in [1.807, 2.05) is 16.9 Å². The first kappa shape index (κ1) is 14.0. The average Bonchev–Trinajstić information content (AvgIpc) is 2.79. The van der Waals surface area contributed by atoms with Crippen molar-refractivity contribution >= 4 is 42.9 Å². The second-order valence-corrected chi connectivity index (χ2v) is 6.15. The smallest absolute Gasteiger partial charge is 0.128 e. The van der Waals surface area contributed by atoms with Crippen LogP contribution in [0.2, 0.25) is 0 Å². The second-order valence-electron chi connectivity index (χ2n) is 4.44. The van der Waals surface area contributed by atoms with Crippen LogP contribution in [0.4, 0.5) is 0 Å². The number of halogens is 2. The van der Waals surface area contributed by atoms with Gasteiger partial charge < -0.3 is 0 Å². The fourth-order valence-corrected chi connectivity index (χ4v) is 2.73. The number of benzene rings is 1. The van der Waals surface area contributed by atoms with Crippen molar-refractivity contribution in [1.29, 1.82) is 0 Å². The molecule has 1 heterocycles. The summed E-state index contributed by atoms with van der Waals surface area (Å²) < 4.78 is 2.00. The Morgan fingerprint density at radius 1 is 0.944 bits per heavy atom. The van der Waals surface area contributed by atoms with Crippen LogP contribution in [0.15, 0.2) is 21.1 Å². The van der Waals surface area contributed by atoms with E-state index in [2.05, 4.69) is 49.0 Å². The highest BCUT2D eigenvalue weighted by atomic mass is 79.9. The molecule has 5 heteroatoms. The molecule has 0 unspecified atom stereocenters. The van der Waals surface area contributed by atoms with Gasteiger partial charge in [0.1, 0.15) is 11.0 Å². The highest BCUT2D eigenvalue weighted by Gasteiger charge is 2.09. The van der Waals surface area contributed by atoms with Gasteiger partial charge in [-0.25, -0.2) is 0 Å². The van der Waals surface area contributed by atoms with Gasteiger partial charge in [0, 0.05) is 8.95 Å². The molecule has 0 saturated carbocycles. The standard InChI is InChI=1S/C13H17Br2N3/c1-2-3-4-5-6-9-18-16-12-10(14)7-8-11(15)13(12)17-18/h7-8H,2-6,9H2,1H3. The zero-order chi connectivity index (χ0) is 13.0. The summed E-state index contributed by atoms with van der Waals surface area (Å²) in [6.07, 6.45) is 6.32. The monoisotopic (exact) mass is 373 g/mol. The fraction of sp³-hybridized carbons (Fsp3) is 0.538. The molecule has 0 amide bonds. The lowest BCUT2D eigenvalue weighted by molar-refractivity contribution is 0.491. The van der Waals surface area contributed by atoms with Gasteiger partial charge >= 0.3 is 0 Å². The van der Waals surface area contributed by atoms with E-state index in [1.54, 1.807) is 0 Å². The van der Waals surface area contributed by atoms with Crippen LogP contribution in [0.25, 0.3) is 11.0 Å². The van der Waals surface area contributed by atoms with Crippen molar-refractivity contribution in [2.75, 3.05) is 0 Å². The van der Waals surface area contributed by atoms with Crippen molar-refractivity contribution < 1.29 is 0 Å². The molecule has 2 rings (SSSR count).